The highest BCUT2D eigenvalue weighted by Gasteiger charge is 2.17. The highest BCUT2D eigenvalue weighted by molar-refractivity contribution is 5.71. The van der Waals surface area contributed by atoms with Gasteiger partial charge in [-0.15, -0.1) is 0 Å². The summed E-state index contributed by atoms with van der Waals surface area (Å²) in [4.78, 5) is 4.48. The smallest absolute Gasteiger partial charge is 0.0699 e. The van der Waals surface area contributed by atoms with Crippen molar-refractivity contribution in [1.82, 2.24) is 4.98 Å². The second-order valence-electron chi connectivity index (χ2n) is 7.55. The standard InChI is InChI=1S/C20H29N/c1-9-10-16(19(3,4)5)13-15(2)18-14-17(11-12-21-18)20(6,7)8/h9-14H,2H2,1,3-8H3/b10-9-,16-13+. The van der Waals surface area contributed by atoms with Crippen molar-refractivity contribution in [3.63, 3.8) is 0 Å². The Labute approximate surface area is 130 Å². The van der Waals surface area contributed by atoms with Gasteiger partial charge >= 0.3 is 0 Å². The fourth-order valence-corrected chi connectivity index (χ4v) is 2.03. The van der Waals surface area contributed by atoms with E-state index in [0.717, 1.165) is 11.3 Å². The van der Waals surface area contributed by atoms with Crippen molar-refractivity contribution in [3.05, 3.63) is 60.0 Å². The minimum atomic E-state index is 0.0943. The minimum absolute atomic E-state index is 0.0943. The van der Waals surface area contributed by atoms with E-state index in [1.165, 1.54) is 11.1 Å². The number of nitrogens with zero attached hydrogens (tertiary/aromatic N) is 1. The summed E-state index contributed by atoms with van der Waals surface area (Å²) >= 11 is 0. The van der Waals surface area contributed by atoms with Crippen molar-refractivity contribution in [3.8, 4) is 0 Å². The SMILES string of the molecule is C=C(/C=C(\C=C/C)C(C)(C)C)c1cc(C(C)(C)C)ccn1. The highest BCUT2D eigenvalue weighted by atomic mass is 14.7. The molecule has 0 bridgehead atoms. The van der Waals surface area contributed by atoms with Crippen LogP contribution in [0.5, 0.6) is 0 Å². The van der Waals surface area contributed by atoms with E-state index in [0.29, 0.717) is 0 Å². The van der Waals surface area contributed by atoms with Gasteiger partial charge in [-0.25, -0.2) is 0 Å². The predicted octanol–water partition coefficient (Wildman–Crippen LogP) is 5.94. The summed E-state index contributed by atoms with van der Waals surface area (Å²) in [6, 6.07) is 4.23. The number of allylic oxidation sites excluding steroid dienone is 5. The number of aromatic nitrogens is 1. The Bertz CT molecular complexity index is 560. The molecule has 114 valence electrons. The van der Waals surface area contributed by atoms with Crippen LogP contribution in [0.2, 0.25) is 0 Å². The normalized spacial score (nSPS) is 13.8. The molecule has 1 rings (SSSR count). The molecular formula is C20H29N. The Hall–Kier alpha value is -1.63. The highest BCUT2D eigenvalue weighted by Crippen LogP contribution is 2.30. The molecule has 0 aromatic carbocycles. The zero-order chi connectivity index (χ0) is 16.3. The lowest BCUT2D eigenvalue weighted by molar-refractivity contribution is 0.517. The van der Waals surface area contributed by atoms with Gasteiger partial charge in [0.15, 0.2) is 0 Å². The van der Waals surface area contributed by atoms with E-state index in [-0.39, 0.29) is 10.8 Å². The number of hydrogen-bond acceptors (Lipinski definition) is 1. The van der Waals surface area contributed by atoms with Gasteiger partial charge < -0.3 is 0 Å². The number of hydrogen-bond donors (Lipinski definition) is 0. The second kappa shape index (κ2) is 6.43. The molecule has 1 nitrogen and oxygen atoms in total. The molecule has 1 heteroatoms. The topological polar surface area (TPSA) is 12.9 Å². The quantitative estimate of drug-likeness (QED) is 0.625. The van der Waals surface area contributed by atoms with E-state index in [4.69, 9.17) is 0 Å². The maximum Gasteiger partial charge on any atom is 0.0699 e. The third kappa shape index (κ3) is 5.00. The lowest BCUT2D eigenvalue weighted by atomic mass is 9.84. The first-order valence-corrected chi connectivity index (χ1v) is 7.56. The van der Waals surface area contributed by atoms with Gasteiger partial charge in [0.2, 0.25) is 0 Å². The molecule has 0 unspecified atom stereocenters. The Balaban J connectivity index is 3.20. The molecule has 0 aliphatic rings. The third-order valence-electron chi connectivity index (χ3n) is 3.50. The van der Waals surface area contributed by atoms with Crippen LogP contribution in [-0.2, 0) is 5.41 Å². The molecule has 0 saturated carbocycles. The van der Waals surface area contributed by atoms with Crippen LogP contribution in [0.3, 0.4) is 0 Å². The maximum atomic E-state index is 4.48. The zero-order valence-corrected chi connectivity index (χ0v) is 14.6. The van der Waals surface area contributed by atoms with Crippen molar-refractivity contribution < 1.29 is 0 Å². The van der Waals surface area contributed by atoms with E-state index in [2.05, 4.69) is 83.5 Å². The molecular weight excluding hydrogens is 254 g/mol. The second-order valence-corrected chi connectivity index (χ2v) is 7.55. The van der Waals surface area contributed by atoms with Crippen molar-refractivity contribution >= 4 is 5.57 Å². The largest absolute Gasteiger partial charge is 0.256 e. The van der Waals surface area contributed by atoms with E-state index in [1.807, 2.05) is 13.1 Å². The molecule has 21 heavy (non-hydrogen) atoms. The Morgan fingerprint density at radius 1 is 1.14 bits per heavy atom. The molecule has 0 aliphatic carbocycles. The average Bonchev–Trinajstić information content (AvgIpc) is 2.36. The van der Waals surface area contributed by atoms with E-state index in [9.17, 15) is 0 Å². The first-order valence-electron chi connectivity index (χ1n) is 7.56. The Morgan fingerprint density at radius 3 is 2.24 bits per heavy atom. The summed E-state index contributed by atoms with van der Waals surface area (Å²) in [5.74, 6) is 0. The molecule has 1 aromatic rings. The molecule has 0 atom stereocenters. The average molecular weight is 283 g/mol. The first-order chi connectivity index (χ1) is 9.55. The fourth-order valence-electron chi connectivity index (χ4n) is 2.03. The van der Waals surface area contributed by atoms with Crippen LogP contribution in [0, 0.1) is 5.41 Å². The van der Waals surface area contributed by atoms with Crippen molar-refractivity contribution in [2.24, 2.45) is 5.41 Å². The van der Waals surface area contributed by atoms with Crippen LogP contribution in [0.25, 0.3) is 5.57 Å². The predicted molar refractivity (Wildman–Crippen MR) is 94.3 cm³/mol. The van der Waals surface area contributed by atoms with Crippen LogP contribution in [0.1, 0.15) is 59.7 Å². The number of pyridine rings is 1. The van der Waals surface area contributed by atoms with E-state index < -0.39 is 0 Å². The fraction of sp³-hybridized carbons (Fsp3) is 0.450. The van der Waals surface area contributed by atoms with Gasteiger partial charge in [0, 0.05) is 6.20 Å². The molecule has 0 aliphatic heterocycles. The van der Waals surface area contributed by atoms with Crippen LogP contribution in [0.15, 0.2) is 48.7 Å². The van der Waals surface area contributed by atoms with Gasteiger partial charge in [0.25, 0.3) is 0 Å². The summed E-state index contributed by atoms with van der Waals surface area (Å²) < 4.78 is 0. The van der Waals surface area contributed by atoms with Crippen molar-refractivity contribution in [2.45, 2.75) is 53.9 Å². The monoisotopic (exact) mass is 283 g/mol. The molecule has 0 fully saturated rings. The van der Waals surface area contributed by atoms with Gasteiger partial charge in [-0.3, -0.25) is 4.98 Å². The van der Waals surface area contributed by atoms with Crippen molar-refractivity contribution in [1.29, 1.82) is 0 Å². The van der Waals surface area contributed by atoms with Crippen LogP contribution in [0.4, 0.5) is 0 Å². The first kappa shape index (κ1) is 17.4. The lowest BCUT2D eigenvalue weighted by Crippen LogP contribution is -2.11. The van der Waals surface area contributed by atoms with Gasteiger partial charge in [-0.1, -0.05) is 60.3 Å². The third-order valence-corrected chi connectivity index (χ3v) is 3.50. The van der Waals surface area contributed by atoms with Crippen LogP contribution in [-0.4, -0.2) is 4.98 Å². The molecule has 0 saturated heterocycles. The Kier molecular flexibility index (Phi) is 5.33. The summed E-state index contributed by atoms with van der Waals surface area (Å²) in [5.41, 5.74) is 4.68. The molecule has 0 amide bonds. The molecule has 0 N–H and O–H groups in total. The summed E-state index contributed by atoms with van der Waals surface area (Å²) in [6.07, 6.45) is 8.25. The van der Waals surface area contributed by atoms with Crippen LogP contribution < -0.4 is 0 Å². The summed E-state index contributed by atoms with van der Waals surface area (Å²) in [7, 11) is 0. The van der Waals surface area contributed by atoms with E-state index in [1.54, 1.807) is 0 Å². The molecule has 1 heterocycles. The van der Waals surface area contributed by atoms with Crippen molar-refractivity contribution in [2.75, 3.05) is 0 Å². The molecule has 0 spiro atoms. The summed E-state index contributed by atoms with van der Waals surface area (Å²) in [5, 5.41) is 0. The van der Waals surface area contributed by atoms with Gasteiger partial charge in [-0.2, -0.15) is 0 Å². The zero-order valence-electron chi connectivity index (χ0n) is 14.6. The van der Waals surface area contributed by atoms with Gasteiger partial charge in [0.1, 0.15) is 0 Å². The summed E-state index contributed by atoms with van der Waals surface area (Å²) in [6.45, 7) is 19.5. The number of rotatable bonds is 3. The van der Waals surface area contributed by atoms with Crippen LogP contribution >= 0.6 is 0 Å². The molecule has 1 aromatic heterocycles. The van der Waals surface area contributed by atoms with E-state index >= 15 is 0 Å². The Morgan fingerprint density at radius 2 is 1.76 bits per heavy atom. The minimum Gasteiger partial charge on any atom is -0.256 e. The molecule has 0 radical (unpaired) electrons. The van der Waals surface area contributed by atoms with Gasteiger partial charge in [-0.05, 0) is 52.7 Å². The maximum absolute atomic E-state index is 4.48. The lowest BCUT2D eigenvalue weighted by Gasteiger charge is -2.22. The van der Waals surface area contributed by atoms with Gasteiger partial charge in [0.05, 0.1) is 5.69 Å².